The molecule has 1 aliphatic rings. The quantitative estimate of drug-likeness (QED) is 0.201. The lowest BCUT2D eigenvalue weighted by atomic mass is 10.0. The van der Waals surface area contributed by atoms with Crippen molar-refractivity contribution >= 4 is 58.3 Å². The molecule has 2 aromatic carbocycles. The molecule has 0 radical (unpaired) electrons. The van der Waals surface area contributed by atoms with Crippen LogP contribution in [0.2, 0.25) is 20.1 Å². The van der Waals surface area contributed by atoms with E-state index in [-0.39, 0.29) is 0 Å². The zero-order chi connectivity index (χ0) is 30.8. The van der Waals surface area contributed by atoms with Gasteiger partial charge in [0, 0.05) is 38.6 Å². The number of benzene rings is 2. The van der Waals surface area contributed by atoms with Crippen LogP contribution in [0.25, 0.3) is 11.4 Å². The molecule has 0 bridgehead atoms. The molecule has 1 aliphatic heterocycles. The fourth-order valence-corrected chi connectivity index (χ4v) is 4.53. The van der Waals surface area contributed by atoms with E-state index in [4.69, 9.17) is 56.6 Å². The average molecular weight is 656 g/mol. The number of carboxylic acid groups (broad SMARTS) is 2. The summed E-state index contributed by atoms with van der Waals surface area (Å²) in [6, 6.07) is 10.1. The highest BCUT2D eigenvalue weighted by atomic mass is 35.5. The Morgan fingerprint density at radius 3 is 1.31 bits per heavy atom. The number of rotatable bonds is 6. The number of carbonyl (C=O) groups is 2. The maximum atomic E-state index is 10.9. The first-order valence-corrected chi connectivity index (χ1v) is 14.4. The second-order valence-electron chi connectivity index (χ2n) is 9.25. The molecule has 10 nitrogen and oxygen atoms in total. The molecular formula is C28H30Cl4N6O4. The van der Waals surface area contributed by atoms with Crippen molar-refractivity contribution in [3.05, 3.63) is 92.4 Å². The van der Waals surface area contributed by atoms with Gasteiger partial charge in [-0.25, -0.2) is 9.36 Å². The van der Waals surface area contributed by atoms with Crippen molar-refractivity contribution in [3.63, 3.8) is 0 Å². The van der Waals surface area contributed by atoms with Crippen molar-refractivity contribution < 1.29 is 19.8 Å². The van der Waals surface area contributed by atoms with E-state index in [9.17, 15) is 9.59 Å². The molecule has 2 aromatic heterocycles. The van der Waals surface area contributed by atoms with Crippen molar-refractivity contribution in [2.45, 2.75) is 25.7 Å². The molecule has 5 rings (SSSR count). The summed E-state index contributed by atoms with van der Waals surface area (Å²) in [6.45, 7) is 7.77. The first-order chi connectivity index (χ1) is 20.0. The molecular weight excluding hydrogens is 626 g/mol. The lowest BCUT2D eigenvalue weighted by Crippen LogP contribution is -2.39. The minimum absolute atomic E-state index is 0.431. The summed E-state index contributed by atoms with van der Waals surface area (Å²) >= 11 is 23.8. The van der Waals surface area contributed by atoms with Gasteiger partial charge in [0.05, 0.1) is 55.7 Å². The molecule has 0 spiro atoms. The zero-order valence-corrected chi connectivity index (χ0v) is 25.8. The van der Waals surface area contributed by atoms with Crippen LogP contribution in [-0.4, -0.2) is 67.9 Å². The number of nitrogens with one attached hydrogen (secondary N) is 2. The van der Waals surface area contributed by atoms with Crippen molar-refractivity contribution in [3.8, 4) is 11.4 Å². The molecule has 3 heterocycles. The Labute approximate surface area is 263 Å². The zero-order valence-electron chi connectivity index (χ0n) is 22.8. The minimum Gasteiger partial charge on any atom is -0.481 e. The molecule has 2 unspecified atom stereocenters. The Balaban J connectivity index is 0.000000192. The summed E-state index contributed by atoms with van der Waals surface area (Å²) in [5.74, 6) is -2.97. The molecule has 0 aliphatic carbocycles. The molecule has 4 aromatic rings. The molecule has 14 heteroatoms. The lowest BCUT2D eigenvalue weighted by molar-refractivity contribution is -0.139. The number of piperazine rings is 1. The highest BCUT2D eigenvalue weighted by Crippen LogP contribution is 2.27. The van der Waals surface area contributed by atoms with E-state index < -0.39 is 23.8 Å². The van der Waals surface area contributed by atoms with Crippen molar-refractivity contribution in [2.24, 2.45) is 0 Å². The van der Waals surface area contributed by atoms with Crippen LogP contribution in [0.5, 0.6) is 0 Å². The minimum atomic E-state index is -0.888. The van der Waals surface area contributed by atoms with Gasteiger partial charge in [-0.15, -0.1) is 0 Å². The third-order valence-electron chi connectivity index (χ3n) is 6.24. The first-order valence-electron chi connectivity index (χ1n) is 12.8. The maximum Gasteiger partial charge on any atom is 0.310 e. The Bertz CT molecular complexity index is 1390. The molecule has 2 atom stereocenters. The van der Waals surface area contributed by atoms with E-state index in [0.717, 1.165) is 26.2 Å². The van der Waals surface area contributed by atoms with Gasteiger partial charge < -0.3 is 20.8 Å². The predicted molar refractivity (Wildman–Crippen MR) is 165 cm³/mol. The van der Waals surface area contributed by atoms with Gasteiger partial charge >= 0.3 is 11.9 Å². The Hall–Kier alpha value is -3.12. The molecule has 224 valence electrons. The van der Waals surface area contributed by atoms with Crippen LogP contribution in [0.1, 0.15) is 36.8 Å². The van der Waals surface area contributed by atoms with E-state index in [0.29, 0.717) is 42.6 Å². The van der Waals surface area contributed by atoms with Crippen molar-refractivity contribution in [1.29, 1.82) is 0 Å². The smallest absolute Gasteiger partial charge is 0.310 e. The summed E-state index contributed by atoms with van der Waals surface area (Å²) in [6.07, 6.45) is 6.27. The van der Waals surface area contributed by atoms with Crippen molar-refractivity contribution in [1.82, 2.24) is 30.2 Å². The summed E-state index contributed by atoms with van der Waals surface area (Å²) in [5.41, 5.74) is 2.61. The largest absolute Gasteiger partial charge is 0.481 e. The SMILES string of the molecule is C1CNCCN1.CC(C(=O)O)c1ccc(-n2cc(Cl)cn2)c(Cl)c1.CC(C(=O)O)c1ccc(-n2cc(Cl)cn2)c(Cl)c1. The third kappa shape index (κ3) is 9.45. The second kappa shape index (κ2) is 15.9. The molecule has 0 amide bonds. The highest BCUT2D eigenvalue weighted by molar-refractivity contribution is 6.33. The average Bonchev–Trinajstić information content (AvgIpc) is 3.61. The van der Waals surface area contributed by atoms with Crippen LogP contribution in [0, 0.1) is 0 Å². The topological polar surface area (TPSA) is 134 Å². The monoisotopic (exact) mass is 654 g/mol. The van der Waals surface area contributed by atoms with Gasteiger partial charge in [0.2, 0.25) is 0 Å². The van der Waals surface area contributed by atoms with E-state index in [2.05, 4.69) is 20.8 Å². The number of aromatic nitrogens is 4. The van der Waals surface area contributed by atoms with Gasteiger partial charge in [-0.3, -0.25) is 9.59 Å². The number of halogens is 4. The highest BCUT2D eigenvalue weighted by Gasteiger charge is 2.17. The van der Waals surface area contributed by atoms with E-state index >= 15 is 0 Å². The first kappa shape index (κ1) is 33.4. The van der Waals surface area contributed by atoms with E-state index in [1.807, 2.05) is 0 Å². The van der Waals surface area contributed by atoms with Crippen LogP contribution in [0.3, 0.4) is 0 Å². The summed E-state index contributed by atoms with van der Waals surface area (Å²) in [5, 5.41) is 34.3. The van der Waals surface area contributed by atoms with Gasteiger partial charge in [-0.1, -0.05) is 58.5 Å². The van der Waals surface area contributed by atoms with Gasteiger partial charge in [0.15, 0.2) is 0 Å². The Kier molecular flexibility index (Phi) is 12.7. The molecule has 4 N–H and O–H groups in total. The van der Waals surface area contributed by atoms with Gasteiger partial charge in [0.25, 0.3) is 0 Å². The normalized spacial score (nSPS) is 14.0. The van der Waals surface area contributed by atoms with Crippen LogP contribution in [0.15, 0.2) is 61.2 Å². The maximum absolute atomic E-state index is 10.9. The summed E-state index contributed by atoms with van der Waals surface area (Å²) in [7, 11) is 0. The van der Waals surface area contributed by atoms with Gasteiger partial charge in [0.1, 0.15) is 0 Å². The molecule has 0 saturated carbocycles. The van der Waals surface area contributed by atoms with Crippen LogP contribution in [0.4, 0.5) is 0 Å². The van der Waals surface area contributed by atoms with Gasteiger partial charge in [-0.05, 0) is 49.2 Å². The standard InChI is InChI=1S/2C12H10Cl2N2O2.C4H10N2/c2*1-7(12(17)18)8-2-3-11(10(14)4-8)16-6-9(13)5-15-16;1-2-6-4-3-5-1/h2*2-7H,1H3,(H,17,18);5-6H,1-4H2. The van der Waals surface area contributed by atoms with Crippen LogP contribution in [-0.2, 0) is 9.59 Å². The Morgan fingerprint density at radius 2 is 1.07 bits per heavy atom. The van der Waals surface area contributed by atoms with Gasteiger partial charge in [-0.2, -0.15) is 10.2 Å². The Morgan fingerprint density at radius 1 is 0.714 bits per heavy atom. The molecule has 42 heavy (non-hydrogen) atoms. The number of carboxylic acids is 2. The number of aliphatic carboxylic acids is 2. The molecule has 1 saturated heterocycles. The van der Waals surface area contributed by atoms with E-state index in [1.165, 1.54) is 12.4 Å². The lowest BCUT2D eigenvalue weighted by Gasteiger charge is -2.11. The third-order valence-corrected chi connectivity index (χ3v) is 7.23. The summed E-state index contributed by atoms with van der Waals surface area (Å²) < 4.78 is 3.08. The van der Waals surface area contributed by atoms with Crippen molar-refractivity contribution in [2.75, 3.05) is 26.2 Å². The van der Waals surface area contributed by atoms with Crippen LogP contribution < -0.4 is 10.6 Å². The van der Waals surface area contributed by atoms with Crippen LogP contribution >= 0.6 is 46.4 Å². The molecule has 1 fully saturated rings. The number of hydrogen-bond donors (Lipinski definition) is 4. The fraction of sp³-hybridized carbons (Fsp3) is 0.286. The van der Waals surface area contributed by atoms with E-state index in [1.54, 1.807) is 72.0 Å². The second-order valence-corrected chi connectivity index (χ2v) is 10.9. The number of hydrogen-bond acceptors (Lipinski definition) is 6. The fourth-order valence-electron chi connectivity index (χ4n) is 3.71. The predicted octanol–water partition coefficient (Wildman–Crippen LogP) is 5.91. The summed E-state index contributed by atoms with van der Waals surface area (Å²) in [4.78, 5) is 21.8. The number of nitrogens with zero attached hydrogens (tertiary/aromatic N) is 4.